The molecule has 0 N–H and O–H groups in total. The van der Waals surface area contributed by atoms with E-state index in [0.717, 1.165) is 11.8 Å². The fourth-order valence-electron chi connectivity index (χ4n) is 1.11. The molecule has 0 aliphatic heterocycles. The van der Waals surface area contributed by atoms with Crippen LogP contribution in [0.3, 0.4) is 0 Å². The van der Waals surface area contributed by atoms with Gasteiger partial charge in [0.2, 0.25) is 0 Å². The zero-order valence-corrected chi connectivity index (χ0v) is 10.2. The molecule has 0 saturated carbocycles. The highest BCUT2D eigenvalue weighted by molar-refractivity contribution is 14.1. The molecule has 0 nitrogen and oxygen atoms in total. The van der Waals surface area contributed by atoms with Crippen molar-refractivity contribution >= 4 is 22.6 Å². The number of hydrogen-bond donors (Lipinski definition) is 0. The van der Waals surface area contributed by atoms with E-state index in [4.69, 9.17) is 0 Å². The van der Waals surface area contributed by atoms with Gasteiger partial charge in [-0.2, -0.15) is 0 Å². The highest BCUT2D eigenvalue weighted by atomic mass is 127. The first-order valence-corrected chi connectivity index (χ1v) is 6.33. The van der Waals surface area contributed by atoms with Gasteiger partial charge in [-0.15, -0.1) is 0 Å². The Kier molecular flexibility index (Phi) is 7.87. The van der Waals surface area contributed by atoms with Crippen molar-refractivity contribution in [3.63, 3.8) is 0 Å². The minimum atomic E-state index is 0.937. The van der Waals surface area contributed by atoms with E-state index in [9.17, 15) is 0 Å². The molecule has 11 heavy (non-hydrogen) atoms. The van der Waals surface area contributed by atoms with Crippen molar-refractivity contribution in [2.45, 2.75) is 46.5 Å². The summed E-state index contributed by atoms with van der Waals surface area (Å²) in [5, 5.41) is 0. The Morgan fingerprint density at radius 1 is 1.09 bits per heavy atom. The van der Waals surface area contributed by atoms with Gasteiger partial charge in [0.05, 0.1) is 0 Å². The molecule has 0 aromatic heterocycles. The Hall–Kier alpha value is 0.730. The van der Waals surface area contributed by atoms with Crippen molar-refractivity contribution in [3.05, 3.63) is 0 Å². The van der Waals surface area contributed by atoms with Gasteiger partial charge in [-0.1, -0.05) is 62.6 Å². The lowest BCUT2D eigenvalue weighted by atomic mass is 9.95. The summed E-state index contributed by atoms with van der Waals surface area (Å²) in [7, 11) is 0. The molecular weight excluding hydrogens is 247 g/mol. The molecule has 0 spiro atoms. The van der Waals surface area contributed by atoms with Crippen LogP contribution < -0.4 is 0 Å². The molecule has 0 heterocycles. The van der Waals surface area contributed by atoms with Crippen LogP contribution in [0.4, 0.5) is 0 Å². The van der Waals surface area contributed by atoms with Gasteiger partial charge >= 0.3 is 0 Å². The van der Waals surface area contributed by atoms with Crippen LogP contribution >= 0.6 is 22.6 Å². The van der Waals surface area contributed by atoms with Crippen LogP contribution in [0.2, 0.25) is 0 Å². The van der Waals surface area contributed by atoms with E-state index in [0.29, 0.717) is 0 Å². The molecule has 0 saturated heterocycles. The topological polar surface area (TPSA) is 0 Å². The second kappa shape index (κ2) is 7.38. The minimum absolute atomic E-state index is 0.937. The zero-order chi connectivity index (χ0) is 8.69. The highest BCUT2D eigenvalue weighted by Crippen LogP contribution is 2.18. The maximum Gasteiger partial charge on any atom is 0.00236 e. The van der Waals surface area contributed by atoms with Crippen molar-refractivity contribution in [2.75, 3.05) is 4.43 Å². The van der Waals surface area contributed by atoms with Crippen LogP contribution in [0.5, 0.6) is 0 Å². The molecule has 2 unspecified atom stereocenters. The van der Waals surface area contributed by atoms with Crippen LogP contribution in [0.1, 0.15) is 46.5 Å². The standard InChI is InChI=1S/C10H21I/c1-4-9(3)6-7-10(5-2)8-11/h9-10H,4-8H2,1-3H3. The quantitative estimate of drug-likeness (QED) is 0.498. The predicted molar refractivity (Wildman–Crippen MR) is 61.4 cm³/mol. The monoisotopic (exact) mass is 268 g/mol. The van der Waals surface area contributed by atoms with E-state index in [2.05, 4.69) is 43.4 Å². The van der Waals surface area contributed by atoms with E-state index in [1.54, 1.807) is 0 Å². The molecule has 1 heteroatoms. The Labute approximate surface area is 85.3 Å². The molecule has 0 aliphatic rings. The summed E-state index contributed by atoms with van der Waals surface area (Å²) >= 11 is 2.51. The van der Waals surface area contributed by atoms with Crippen LogP contribution in [0.25, 0.3) is 0 Å². The van der Waals surface area contributed by atoms with Gasteiger partial charge in [-0.3, -0.25) is 0 Å². The van der Waals surface area contributed by atoms with Crippen LogP contribution in [0, 0.1) is 11.8 Å². The number of alkyl halides is 1. The molecule has 0 fully saturated rings. The van der Waals surface area contributed by atoms with E-state index >= 15 is 0 Å². The molecule has 0 rings (SSSR count). The molecule has 0 aromatic rings. The Morgan fingerprint density at radius 2 is 1.73 bits per heavy atom. The summed E-state index contributed by atoms with van der Waals surface area (Å²) in [5.74, 6) is 1.91. The SMILES string of the molecule is CCC(C)CCC(CC)CI. The summed E-state index contributed by atoms with van der Waals surface area (Å²) in [6.07, 6.45) is 5.57. The first-order valence-electron chi connectivity index (χ1n) is 4.80. The predicted octanol–water partition coefficient (Wildman–Crippen LogP) is 4.27. The lowest BCUT2D eigenvalue weighted by Crippen LogP contribution is -2.03. The Balaban J connectivity index is 3.34. The van der Waals surface area contributed by atoms with Gasteiger partial charge in [-0.25, -0.2) is 0 Å². The molecule has 0 amide bonds. The zero-order valence-electron chi connectivity index (χ0n) is 8.07. The van der Waals surface area contributed by atoms with Gasteiger partial charge in [0.1, 0.15) is 0 Å². The van der Waals surface area contributed by atoms with Gasteiger partial charge in [-0.05, 0) is 18.3 Å². The van der Waals surface area contributed by atoms with Crippen molar-refractivity contribution in [3.8, 4) is 0 Å². The average molecular weight is 268 g/mol. The first kappa shape index (κ1) is 11.7. The average Bonchev–Trinajstić information content (AvgIpc) is 2.06. The highest BCUT2D eigenvalue weighted by Gasteiger charge is 2.06. The Bertz CT molecular complexity index is 76.9. The normalized spacial score (nSPS) is 16.4. The lowest BCUT2D eigenvalue weighted by molar-refractivity contribution is 0.423. The number of hydrogen-bond acceptors (Lipinski definition) is 0. The van der Waals surface area contributed by atoms with Crippen molar-refractivity contribution in [1.29, 1.82) is 0 Å². The lowest BCUT2D eigenvalue weighted by Gasteiger charge is -2.13. The molecule has 68 valence electrons. The fourth-order valence-corrected chi connectivity index (χ4v) is 2.18. The summed E-state index contributed by atoms with van der Waals surface area (Å²) < 4.78 is 1.34. The van der Waals surface area contributed by atoms with Crippen LogP contribution in [0.15, 0.2) is 0 Å². The maximum atomic E-state index is 2.51. The van der Waals surface area contributed by atoms with Gasteiger partial charge < -0.3 is 0 Å². The first-order chi connectivity index (χ1) is 5.24. The Morgan fingerprint density at radius 3 is 2.09 bits per heavy atom. The van der Waals surface area contributed by atoms with E-state index in [1.165, 1.54) is 30.1 Å². The largest absolute Gasteiger partial charge is 0.0861 e. The molecule has 0 radical (unpaired) electrons. The third-order valence-corrected chi connectivity index (χ3v) is 3.81. The second-order valence-electron chi connectivity index (χ2n) is 3.52. The van der Waals surface area contributed by atoms with Crippen molar-refractivity contribution < 1.29 is 0 Å². The van der Waals surface area contributed by atoms with Gasteiger partial charge in [0.25, 0.3) is 0 Å². The smallest absolute Gasteiger partial charge is 0.00236 e. The van der Waals surface area contributed by atoms with Gasteiger partial charge in [0.15, 0.2) is 0 Å². The van der Waals surface area contributed by atoms with Crippen molar-refractivity contribution in [1.82, 2.24) is 0 Å². The molecular formula is C10H21I. The third kappa shape index (κ3) is 5.94. The number of rotatable bonds is 6. The van der Waals surface area contributed by atoms with E-state index in [-0.39, 0.29) is 0 Å². The summed E-state index contributed by atoms with van der Waals surface area (Å²) in [5.41, 5.74) is 0. The van der Waals surface area contributed by atoms with E-state index < -0.39 is 0 Å². The summed E-state index contributed by atoms with van der Waals surface area (Å²) in [6.45, 7) is 6.95. The summed E-state index contributed by atoms with van der Waals surface area (Å²) in [4.78, 5) is 0. The summed E-state index contributed by atoms with van der Waals surface area (Å²) in [6, 6.07) is 0. The number of halogens is 1. The molecule has 0 bridgehead atoms. The fraction of sp³-hybridized carbons (Fsp3) is 1.00. The minimum Gasteiger partial charge on any atom is -0.0861 e. The van der Waals surface area contributed by atoms with Crippen molar-refractivity contribution in [2.24, 2.45) is 11.8 Å². The molecule has 0 aromatic carbocycles. The van der Waals surface area contributed by atoms with Crippen LogP contribution in [-0.2, 0) is 0 Å². The molecule has 2 atom stereocenters. The third-order valence-electron chi connectivity index (χ3n) is 2.56. The second-order valence-corrected chi connectivity index (χ2v) is 4.40. The van der Waals surface area contributed by atoms with E-state index in [1.807, 2.05) is 0 Å². The van der Waals surface area contributed by atoms with Crippen LogP contribution in [-0.4, -0.2) is 4.43 Å². The maximum absolute atomic E-state index is 2.51. The molecule has 0 aliphatic carbocycles. The van der Waals surface area contributed by atoms with Gasteiger partial charge in [0, 0.05) is 4.43 Å².